The maximum Gasteiger partial charge on any atom is 0.238 e. The van der Waals surface area contributed by atoms with Crippen LogP contribution < -0.4 is 10.5 Å². The molecule has 0 aliphatic heterocycles. The lowest BCUT2D eigenvalue weighted by molar-refractivity contribution is 0.326. The van der Waals surface area contributed by atoms with E-state index in [9.17, 15) is 0 Å². The van der Waals surface area contributed by atoms with Gasteiger partial charge in [-0.05, 0) is 30.8 Å². The first-order valence-corrected chi connectivity index (χ1v) is 5.94. The third-order valence-corrected chi connectivity index (χ3v) is 2.75. The highest BCUT2D eigenvalue weighted by Crippen LogP contribution is 2.27. The van der Waals surface area contributed by atoms with Gasteiger partial charge < -0.3 is 10.5 Å². The largest absolute Gasteiger partial charge is 0.476 e. The molecule has 0 saturated carbocycles. The van der Waals surface area contributed by atoms with E-state index >= 15 is 0 Å². The van der Waals surface area contributed by atoms with E-state index in [-0.39, 0.29) is 0 Å². The molecule has 88 valence electrons. The molecule has 0 amide bonds. The second-order valence-corrected chi connectivity index (χ2v) is 4.16. The minimum absolute atomic E-state index is 0.460. The van der Waals surface area contributed by atoms with Gasteiger partial charge in [-0.3, -0.25) is 4.98 Å². The van der Waals surface area contributed by atoms with Crippen LogP contribution in [0.5, 0.6) is 5.88 Å². The minimum Gasteiger partial charge on any atom is -0.476 e. The fourth-order valence-electron chi connectivity index (χ4n) is 1.19. The summed E-state index contributed by atoms with van der Waals surface area (Å²) in [5, 5.41) is 1.57. The van der Waals surface area contributed by atoms with Gasteiger partial charge >= 0.3 is 0 Å². The van der Waals surface area contributed by atoms with Gasteiger partial charge in [0.25, 0.3) is 0 Å². The lowest BCUT2D eigenvalue weighted by Gasteiger charge is -2.07. The highest BCUT2D eigenvalue weighted by molar-refractivity contribution is 7.99. The van der Waals surface area contributed by atoms with Gasteiger partial charge in [0, 0.05) is 12.4 Å². The normalized spacial score (nSPS) is 10.2. The molecular weight excluding hydrogens is 236 g/mol. The van der Waals surface area contributed by atoms with Crippen molar-refractivity contribution in [1.29, 1.82) is 0 Å². The zero-order valence-electron chi connectivity index (χ0n) is 9.33. The highest BCUT2D eigenvalue weighted by Gasteiger charge is 2.05. The van der Waals surface area contributed by atoms with Crippen LogP contribution in [0.15, 0.2) is 40.8 Å². The Labute approximate surface area is 103 Å². The fourth-order valence-corrected chi connectivity index (χ4v) is 1.89. The number of hydrogen-bond acceptors (Lipinski definition) is 6. The highest BCUT2D eigenvalue weighted by atomic mass is 32.2. The molecule has 0 fully saturated rings. The number of nitrogens with two attached hydrogens (primary N) is 1. The van der Waals surface area contributed by atoms with Crippen LogP contribution in [0.2, 0.25) is 0 Å². The van der Waals surface area contributed by atoms with E-state index in [1.54, 1.807) is 24.7 Å². The Morgan fingerprint density at radius 3 is 2.88 bits per heavy atom. The summed E-state index contributed by atoms with van der Waals surface area (Å²) in [4.78, 5) is 12.5. The van der Waals surface area contributed by atoms with Crippen LogP contribution in [0.1, 0.15) is 6.92 Å². The molecule has 5 nitrogen and oxygen atoms in total. The predicted octanol–water partition coefficient (Wildman–Crippen LogP) is 2.00. The van der Waals surface area contributed by atoms with Crippen LogP contribution in [0.4, 0.5) is 5.69 Å². The third kappa shape index (κ3) is 3.07. The van der Waals surface area contributed by atoms with Crippen molar-refractivity contribution in [3.05, 3.63) is 30.7 Å². The molecule has 0 atom stereocenters. The molecule has 6 heteroatoms. The van der Waals surface area contributed by atoms with Crippen molar-refractivity contribution in [2.24, 2.45) is 0 Å². The standard InChI is InChI=1S/C11H12N4OS/c1-2-16-11-8(12)3-4-9(15-11)17-10-7-13-5-6-14-10/h3-7H,2,12H2,1H3. The molecule has 2 N–H and O–H groups in total. The number of aromatic nitrogens is 3. The molecule has 2 aromatic heterocycles. The molecule has 0 aromatic carbocycles. The summed E-state index contributed by atoms with van der Waals surface area (Å²) in [6, 6.07) is 3.61. The maximum absolute atomic E-state index is 5.74. The first-order chi connectivity index (χ1) is 8.29. The molecule has 2 rings (SSSR count). The van der Waals surface area contributed by atoms with Crippen LogP contribution in [0.25, 0.3) is 0 Å². The molecule has 0 saturated heterocycles. The Hall–Kier alpha value is -1.82. The molecule has 0 aliphatic carbocycles. The van der Waals surface area contributed by atoms with E-state index in [0.29, 0.717) is 18.2 Å². The topological polar surface area (TPSA) is 73.9 Å². The van der Waals surface area contributed by atoms with E-state index in [2.05, 4.69) is 15.0 Å². The number of pyridine rings is 1. The van der Waals surface area contributed by atoms with Gasteiger partial charge in [-0.25, -0.2) is 9.97 Å². The molecule has 2 aromatic rings. The van der Waals surface area contributed by atoms with E-state index in [4.69, 9.17) is 10.5 Å². The molecule has 0 aliphatic rings. The van der Waals surface area contributed by atoms with Crippen molar-refractivity contribution in [2.45, 2.75) is 17.0 Å². The first-order valence-electron chi connectivity index (χ1n) is 5.12. The second kappa shape index (κ2) is 5.49. The Morgan fingerprint density at radius 1 is 1.29 bits per heavy atom. The molecule has 0 bridgehead atoms. The van der Waals surface area contributed by atoms with Crippen LogP contribution in [-0.2, 0) is 0 Å². The third-order valence-electron chi connectivity index (χ3n) is 1.89. The van der Waals surface area contributed by atoms with Crippen molar-refractivity contribution >= 4 is 17.4 Å². The summed E-state index contributed by atoms with van der Waals surface area (Å²) in [6.07, 6.45) is 4.96. The van der Waals surface area contributed by atoms with Crippen molar-refractivity contribution in [1.82, 2.24) is 15.0 Å². The van der Waals surface area contributed by atoms with Crippen LogP contribution >= 0.6 is 11.8 Å². The SMILES string of the molecule is CCOc1nc(Sc2cnccn2)ccc1N. The van der Waals surface area contributed by atoms with Crippen LogP contribution in [0, 0.1) is 0 Å². The molecule has 17 heavy (non-hydrogen) atoms. The number of hydrogen-bond donors (Lipinski definition) is 1. The van der Waals surface area contributed by atoms with Crippen LogP contribution in [0.3, 0.4) is 0 Å². The summed E-state index contributed by atoms with van der Waals surface area (Å²) in [5.41, 5.74) is 6.28. The van der Waals surface area contributed by atoms with Crippen molar-refractivity contribution in [3.63, 3.8) is 0 Å². The van der Waals surface area contributed by atoms with Crippen molar-refractivity contribution in [2.75, 3.05) is 12.3 Å². The monoisotopic (exact) mass is 248 g/mol. The van der Waals surface area contributed by atoms with Gasteiger partial charge in [0.15, 0.2) is 0 Å². The van der Waals surface area contributed by atoms with Gasteiger partial charge in [0.05, 0.1) is 18.5 Å². The van der Waals surface area contributed by atoms with Crippen LogP contribution in [-0.4, -0.2) is 21.6 Å². The number of nitrogen functional groups attached to an aromatic ring is 1. The summed E-state index contributed by atoms with van der Waals surface area (Å²) in [6.45, 7) is 2.43. The van der Waals surface area contributed by atoms with E-state index in [1.165, 1.54) is 11.8 Å². The fraction of sp³-hybridized carbons (Fsp3) is 0.182. The summed E-state index contributed by atoms with van der Waals surface area (Å²) in [5.74, 6) is 0.460. The summed E-state index contributed by atoms with van der Waals surface area (Å²) in [7, 11) is 0. The average Bonchev–Trinajstić information content (AvgIpc) is 2.35. The first kappa shape index (κ1) is 11.7. The Balaban J connectivity index is 2.19. The quantitative estimate of drug-likeness (QED) is 0.892. The number of nitrogens with zero attached hydrogens (tertiary/aromatic N) is 3. The molecule has 0 spiro atoms. The van der Waals surface area contributed by atoms with E-state index < -0.39 is 0 Å². The Bertz CT molecular complexity index is 492. The van der Waals surface area contributed by atoms with Crippen molar-refractivity contribution in [3.8, 4) is 5.88 Å². The zero-order valence-corrected chi connectivity index (χ0v) is 10.1. The van der Waals surface area contributed by atoms with Crippen molar-refractivity contribution < 1.29 is 4.74 Å². The molecule has 0 radical (unpaired) electrons. The molecule has 2 heterocycles. The average molecular weight is 248 g/mol. The van der Waals surface area contributed by atoms with Gasteiger partial charge in [0.1, 0.15) is 10.1 Å². The van der Waals surface area contributed by atoms with Gasteiger partial charge in [-0.15, -0.1) is 0 Å². The van der Waals surface area contributed by atoms with E-state index in [0.717, 1.165) is 10.1 Å². The second-order valence-electron chi connectivity index (χ2n) is 3.12. The zero-order chi connectivity index (χ0) is 12.1. The van der Waals surface area contributed by atoms with Gasteiger partial charge in [0.2, 0.25) is 5.88 Å². The lowest BCUT2D eigenvalue weighted by Crippen LogP contribution is -1.99. The lowest BCUT2D eigenvalue weighted by atomic mass is 10.4. The Kier molecular flexibility index (Phi) is 3.77. The van der Waals surface area contributed by atoms with Gasteiger partial charge in [-0.2, -0.15) is 0 Å². The van der Waals surface area contributed by atoms with Gasteiger partial charge in [-0.1, -0.05) is 0 Å². The number of rotatable bonds is 4. The smallest absolute Gasteiger partial charge is 0.238 e. The predicted molar refractivity (Wildman–Crippen MR) is 66.0 cm³/mol. The van der Waals surface area contributed by atoms with E-state index in [1.807, 2.05) is 13.0 Å². The maximum atomic E-state index is 5.74. The molecular formula is C11H12N4OS. The minimum atomic E-state index is 0.460. The molecule has 0 unspecified atom stereocenters. The Morgan fingerprint density at radius 2 is 2.18 bits per heavy atom. The summed E-state index contributed by atoms with van der Waals surface area (Å²) < 4.78 is 5.33. The summed E-state index contributed by atoms with van der Waals surface area (Å²) >= 11 is 1.42. The number of ether oxygens (including phenoxy) is 1. The number of anilines is 1.